The fraction of sp³-hybridized carbons (Fsp3) is 0.625. The number of alkyl halides is 3. The van der Waals surface area contributed by atoms with Gasteiger partial charge in [0.15, 0.2) is 0 Å². The van der Waals surface area contributed by atoms with Crippen molar-refractivity contribution in [3.63, 3.8) is 0 Å². The number of halogens is 3. The highest BCUT2D eigenvalue weighted by Gasteiger charge is 2.32. The maximum Gasteiger partial charge on any atom is 0.416 e. The molecule has 2 rings (SSSR count). The molecule has 3 unspecified atom stereocenters. The number of nitrogens with one attached hydrogen (secondary N) is 1. The van der Waals surface area contributed by atoms with Gasteiger partial charge in [0.05, 0.1) is 5.56 Å². The second-order valence-electron chi connectivity index (χ2n) is 5.73. The van der Waals surface area contributed by atoms with E-state index in [4.69, 9.17) is 0 Å². The summed E-state index contributed by atoms with van der Waals surface area (Å²) in [5.74, 6) is 1.30. The van der Waals surface area contributed by atoms with Gasteiger partial charge in [0.1, 0.15) is 0 Å². The van der Waals surface area contributed by atoms with Gasteiger partial charge in [-0.2, -0.15) is 13.2 Å². The Morgan fingerprint density at radius 1 is 1.20 bits per heavy atom. The predicted molar refractivity (Wildman–Crippen MR) is 74.4 cm³/mol. The first kappa shape index (κ1) is 15.4. The molecule has 0 heterocycles. The molecule has 20 heavy (non-hydrogen) atoms. The van der Waals surface area contributed by atoms with Crippen molar-refractivity contribution in [2.75, 3.05) is 7.05 Å². The van der Waals surface area contributed by atoms with Crippen molar-refractivity contribution < 1.29 is 13.2 Å². The summed E-state index contributed by atoms with van der Waals surface area (Å²) in [4.78, 5) is 0. The molecule has 1 fully saturated rings. The Labute approximate surface area is 118 Å². The number of benzene rings is 1. The van der Waals surface area contributed by atoms with E-state index in [-0.39, 0.29) is 6.04 Å². The molecular formula is C16H22F3N. The van der Waals surface area contributed by atoms with Gasteiger partial charge in [-0.15, -0.1) is 0 Å². The topological polar surface area (TPSA) is 12.0 Å². The van der Waals surface area contributed by atoms with E-state index in [9.17, 15) is 13.2 Å². The highest BCUT2D eigenvalue weighted by molar-refractivity contribution is 5.27. The molecule has 0 radical (unpaired) electrons. The fourth-order valence-electron chi connectivity index (χ4n) is 3.34. The summed E-state index contributed by atoms with van der Waals surface area (Å²) < 4.78 is 37.8. The van der Waals surface area contributed by atoms with Gasteiger partial charge in [-0.05, 0) is 49.4 Å². The van der Waals surface area contributed by atoms with Crippen LogP contribution >= 0.6 is 0 Å². The highest BCUT2D eigenvalue weighted by Crippen LogP contribution is 2.40. The van der Waals surface area contributed by atoms with Gasteiger partial charge in [-0.1, -0.05) is 31.9 Å². The van der Waals surface area contributed by atoms with E-state index in [1.54, 1.807) is 12.1 Å². The molecule has 0 aliphatic heterocycles. The van der Waals surface area contributed by atoms with Crippen molar-refractivity contribution in [2.24, 2.45) is 11.8 Å². The van der Waals surface area contributed by atoms with Crippen molar-refractivity contribution in [1.82, 2.24) is 5.32 Å². The quantitative estimate of drug-likeness (QED) is 0.838. The molecule has 0 bridgehead atoms. The molecule has 1 aromatic carbocycles. The zero-order chi connectivity index (χ0) is 14.8. The third kappa shape index (κ3) is 3.35. The first-order valence-corrected chi connectivity index (χ1v) is 7.30. The Morgan fingerprint density at radius 3 is 2.30 bits per heavy atom. The van der Waals surface area contributed by atoms with Crippen LogP contribution in [-0.4, -0.2) is 7.05 Å². The first-order chi connectivity index (χ1) is 9.45. The van der Waals surface area contributed by atoms with Crippen LogP contribution in [0.5, 0.6) is 0 Å². The van der Waals surface area contributed by atoms with Crippen LogP contribution in [0.4, 0.5) is 13.2 Å². The lowest BCUT2D eigenvalue weighted by Crippen LogP contribution is -2.24. The zero-order valence-corrected chi connectivity index (χ0v) is 12.0. The molecule has 4 heteroatoms. The molecule has 1 aliphatic rings. The molecule has 0 saturated heterocycles. The lowest BCUT2D eigenvalue weighted by atomic mass is 9.90. The summed E-state index contributed by atoms with van der Waals surface area (Å²) >= 11 is 0. The molecule has 1 saturated carbocycles. The van der Waals surface area contributed by atoms with Crippen molar-refractivity contribution in [1.29, 1.82) is 0 Å². The van der Waals surface area contributed by atoms with E-state index in [1.165, 1.54) is 31.4 Å². The average molecular weight is 285 g/mol. The van der Waals surface area contributed by atoms with E-state index >= 15 is 0 Å². The second kappa shape index (κ2) is 6.17. The molecular weight excluding hydrogens is 263 g/mol. The summed E-state index contributed by atoms with van der Waals surface area (Å²) in [6.45, 7) is 2.21. The van der Waals surface area contributed by atoms with Crippen molar-refractivity contribution >= 4 is 0 Å². The largest absolute Gasteiger partial charge is 0.416 e. The van der Waals surface area contributed by atoms with Crippen LogP contribution in [0, 0.1) is 11.8 Å². The minimum absolute atomic E-state index is 0.161. The van der Waals surface area contributed by atoms with Crippen LogP contribution in [0.2, 0.25) is 0 Å². The Balaban J connectivity index is 2.12. The molecule has 112 valence electrons. The first-order valence-electron chi connectivity index (χ1n) is 7.30. The molecule has 0 aromatic heterocycles. The van der Waals surface area contributed by atoms with Crippen LogP contribution < -0.4 is 5.32 Å². The minimum Gasteiger partial charge on any atom is -0.313 e. The summed E-state index contributed by atoms with van der Waals surface area (Å²) in [6, 6.07) is 5.76. The summed E-state index contributed by atoms with van der Waals surface area (Å²) in [5, 5.41) is 3.28. The maximum atomic E-state index is 12.6. The standard InChI is InChI=1S/C16H22F3N/c1-3-11-4-5-13(10-11)15(20-2)12-6-8-14(9-7-12)16(17,18)19/h6-9,11,13,15,20H,3-5,10H2,1-2H3. The third-order valence-electron chi connectivity index (χ3n) is 4.54. The van der Waals surface area contributed by atoms with Gasteiger partial charge in [-0.25, -0.2) is 0 Å². The van der Waals surface area contributed by atoms with E-state index in [0.717, 1.165) is 17.9 Å². The zero-order valence-electron chi connectivity index (χ0n) is 12.0. The maximum absolute atomic E-state index is 12.6. The van der Waals surface area contributed by atoms with Crippen LogP contribution in [0.25, 0.3) is 0 Å². The smallest absolute Gasteiger partial charge is 0.313 e. The van der Waals surface area contributed by atoms with Gasteiger partial charge >= 0.3 is 6.18 Å². The number of rotatable bonds is 4. The van der Waals surface area contributed by atoms with Gasteiger partial charge in [0.25, 0.3) is 0 Å². The summed E-state index contributed by atoms with van der Waals surface area (Å²) in [5.41, 5.74) is 0.385. The molecule has 1 aromatic rings. The lowest BCUT2D eigenvalue weighted by Gasteiger charge is -2.24. The van der Waals surface area contributed by atoms with Gasteiger partial charge in [-0.3, -0.25) is 0 Å². The summed E-state index contributed by atoms with van der Waals surface area (Å²) in [6.07, 6.45) is 0.502. The number of hydrogen-bond acceptors (Lipinski definition) is 1. The average Bonchev–Trinajstić information content (AvgIpc) is 2.88. The third-order valence-corrected chi connectivity index (χ3v) is 4.54. The van der Waals surface area contributed by atoms with E-state index in [1.807, 2.05) is 7.05 Å². The monoisotopic (exact) mass is 285 g/mol. The normalized spacial score (nSPS) is 24.9. The van der Waals surface area contributed by atoms with Crippen molar-refractivity contribution in [2.45, 2.75) is 44.8 Å². The lowest BCUT2D eigenvalue weighted by molar-refractivity contribution is -0.137. The Bertz CT molecular complexity index is 424. The van der Waals surface area contributed by atoms with Crippen molar-refractivity contribution in [3.05, 3.63) is 35.4 Å². The minimum atomic E-state index is -4.26. The van der Waals surface area contributed by atoms with Crippen LogP contribution in [-0.2, 0) is 6.18 Å². The highest BCUT2D eigenvalue weighted by atomic mass is 19.4. The van der Waals surface area contributed by atoms with Crippen LogP contribution in [0.3, 0.4) is 0 Å². The van der Waals surface area contributed by atoms with Gasteiger partial charge in [0, 0.05) is 6.04 Å². The Morgan fingerprint density at radius 2 is 1.85 bits per heavy atom. The molecule has 3 atom stereocenters. The Hall–Kier alpha value is -1.03. The molecule has 1 aliphatic carbocycles. The second-order valence-corrected chi connectivity index (χ2v) is 5.73. The van der Waals surface area contributed by atoms with Crippen LogP contribution in [0.1, 0.15) is 49.8 Å². The molecule has 1 N–H and O–H groups in total. The SMILES string of the molecule is CCC1CCC(C(NC)c2ccc(C(F)(F)F)cc2)C1. The fourth-order valence-corrected chi connectivity index (χ4v) is 3.34. The van der Waals surface area contributed by atoms with E-state index in [2.05, 4.69) is 12.2 Å². The van der Waals surface area contributed by atoms with Gasteiger partial charge < -0.3 is 5.32 Å². The predicted octanol–water partition coefficient (Wildman–Crippen LogP) is 4.79. The molecule has 0 spiro atoms. The Kier molecular flexibility index (Phi) is 4.74. The van der Waals surface area contributed by atoms with Gasteiger partial charge in [0.2, 0.25) is 0 Å². The van der Waals surface area contributed by atoms with E-state index in [0.29, 0.717) is 5.92 Å². The van der Waals surface area contributed by atoms with Crippen molar-refractivity contribution in [3.8, 4) is 0 Å². The van der Waals surface area contributed by atoms with E-state index < -0.39 is 11.7 Å². The summed E-state index contributed by atoms with van der Waals surface area (Å²) in [7, 11) is 1.89. The van der Waals surface area contributed by atoms with Crippen LogP contribution in [0.15, 0.2) is 24.3 Å². The molecule has 1 nitrogen and oxygen atoms in total. The molecule has 0 amide bonds. The number of hydrogen-bond donors (Lipinski definition) is 1.